The number of ether oxygens (including phenoxy) is 1. The SMILES string of the molecule is CC(C)c1ccc(-c2noc(CCC(=O)N3CCOC(c4ccco4)C3)n2)cc1. The van der Waals surface area contributed by atoms with Crippen molar-refractivity contribution in [3.05, 3.63) is 59.9 Å². The fraction of sp³-hybridized carbons (Fsp3) is 0.409. The predicted molar refractivity (Wildman–Crippen MR) is 106 cm³/mol. The molecule has 0 spiro atoms. The van der Waals surface area contributed by atoms with E-state index >= 15 is 0 Å². The molecule has 4 rings (SSSR count). The van der Waals surface area contributed by atoms with Crippen LogP contribution in [0, 0.1) is 0 Å². The Hall–Kier alpha value is -2.93. The van der Waals surface area contributed by atoms with Crippen molar-refractivity contribution < 1.29 is 18.5 Å². The quantitative estimate of drug-likeness (QED) is 0.628. The van der Waals surface area contributed by atoms with E-state index in [4.69, 9.17) is 13.7 Å². The highest BCUT2D eigenvalue weighted by molar-refractivity contribution is 5.76. The number of amides is 1. The molecular formula is C22H25N3O4. The van der Waals surface area contributed by atoms with Crippen LogP contribution in [0.3, 0.4) is 0 Å². The molecule has 1 amide bonds. The fourth-order valence-corrected chi connectivity index (χ4v) is 3.39. The van der Waals surface area contributed by atoms with Crippen LogP contribution in [0.4, 0.5) is 0 Å². The first-order valence-electron chi connectivity index (χ1n) is 9.96. The first-order chi connectivity index (χ1) is 14.1. The number of morpholine rings is 1. The molecule has 152 valence electrons. The second kappa shape index (κ2) is 8.61. The maximum absolute atomic E-state index is 12.6. The summed E-state index contributed by atoms with van der Waals surface area (Å²) in [6.07, 6.45) is 2.13. The van der Waals surface area contributed by atoms with Gasteiger partial charge < -0.3 is 18.6 Å². The number of carbonyl (C=O) groups excluding carboxylic acids is 1. The third-order valence-electron chi connectivity index (χ3n) is 5.14. The van der Waals surface area contributed by atoms with Crippen molar-refractivity contribution in [3.63, 3.8) is 0 Å². The summed E-state index contributed by atoms with van der Waals surface area (Å²) >= 11 is 0. The second-order valence-electron chi connectivity index (χ2n) is 7.50. The summed E-state index contributed by atoms with van der Waals surface area (Å²) in [5.74, 6) is 2.28. The lowest BCUT2D eigenvalue weighted by molar-refractivity contribution is -0.139. The lowest BCUT2D eigenvalue weighted by atomic mass is 10.0. The van der Waals surface area contributed by atoms with Crippen LogP contribution in [-0.2, 0) is 16.0 Å². The van der Waals surface area contributed by atoms with Gasteiger partial charge in [-0.15, -0.1) is 0 Å². The first-order valence-corrected chi connectivity index (χ1v) is 9.96. The van der Waals surface area contributed by atoms with Crippen molar-refractivity contribution in [2.24, 2.45) is 0 Å². The molecule has 0 radical (unpaired) electrons. The Morgan fingerprint density at radius 1 is 1.24 bits per heavy atom. The van der Waals surface area contributed by atoms with E-state index in [1.54, 1.807) is 11.2 Å². The standard InChI is InChI=1S/C22H25N3O4/c1-15(2)16-5-7-17(8-6-16)22-23-20(29-24-22)9-10-21(26)25-11-13-28-19(14-25)18-4-3-12-27-18/h3-8,12,15,19H,9-11,13-14H2,1-2H3. The lowest BCUT2D eigenvalue weighted by Gasteiger charge is -2.32. The van der Waals surface area contributed by atoms with Crippen molar-refractivity contribution in [2.75, 3.05) is 19.7 Å². The van der Waals surface area contributed by atoms with E-state index in [1.807, 2.05) is 24.3 Å². The van der Waals surface area contributed by atoms with Gasteiger partial charge in [-0.1, -0.05) is 43.3 Å². The van der Waals surface area contributed by atoms with Crippen molar-refractivity contribution in [1.29, 1.82) is 0 Å². The highest BCUT2D eigenvalue weighted by atomic mass is 16.5. The van der Waals surface area contributed by atoms with E-state index in [9.17, 15) is 4.79 Å². The van der Waals surface area contributed by atoms with Gasteiger partial charge in [-0.25, -0.2) is 0 Å². The first kappa shape index (κ1) is 19.4. The fourth-order valence-electron chi connectivity index (χ4n) is 3.39. The summed E-state index contributed by atoms with van der Waals surface area (Å²) in [7, 11) is 0. The molecule has 0 bridgehead atoms. The minimum Gasteiger partial charge on any atom is -0.467 e. The largest absolute Gasteiger partial charge is 0.467 e. The average Bonchev–Trinajstić information content (AvgIpc) is 3.44. The van der Waals surface area contributed by atoms with Crippen molar-refractivity contribution in [2.45, 2.75) is 38.7 Å². The van der Waals surface area contributed by atoms with Gasteiger partial charge in [0.25, 0.3) is 0 Å². The Labute approximate surface area is 169 Å². The van der Waals surface area contributed by atoms with Crippen molar-refractivity contribution >= 4 is 5.91 Å². The molecule has 1 unspecified atom stereocenters. The summed E-state index contributed by atoms with van der Waals surface area (Å²) in [6.45, 7) is 5.87. The van der Waals surface area contributed by atoms with Gasteiger partial charge >= 0.3 is 0 Å². The monoisotopic (exact) mass is 395 g/mol. The molecule has 1 aliphatic heterocycles. The number of rotatable bonds is 6. The summed E-state index contributed by atoms with van der Waals surface area (Å²) in [4.78, 5) is 18.9. The normalized spacial score (nSPS) is 17.1. The molecule has 7 heteroatoms. The molecule has 0 saturated carbocycles. The smallest absolute Gasteiger partial charge is 0.227 e. The zero-order valence-corrected chi connectivity index (χ0v) is 16.7. The minimum atomic E-state index is -0.216. The highest BCUT2D eigenvalue weighted by Gasteiger charge is 2.27. The predicted octanol–water partition coefficient (Wildman–Crippen LogP) is 3.99. The van der Waals surface area contributed by atoms with Crippen molar-refractivity contribution in [3.8, 4) is 11.4 Å². The van der Waals surface area contributed by atoms with Gasteiger partial charge in [0.15, 0.2) is 0 Å². The molecule has 0 aliphatic carbocycles. The molecule has 0 N–H and O–H groups in total. The number of aromatic nitrogens is 2. The Balaban J connectivity index is 1.33. The minimum absolute atomic E-state index is 0.0471. The molecule has 1 atom stereocenters. The Morgan fingerprint density at radius 3 is 2.79 bits per heavy atom. The van der Waals surface area contributed by atoms with E-state index in [0.717, 1.165) is 11.3 Å². The third-order valence-corrected chi connectivity index (χ3v) is 5.14. The number of hydrogen-bond acceptors (Lipinski definition) is 6. The maximum atomic E-state index is 12.6. The number of carbonyl (C=O) groups is 1. The Morgan fingerprint density at radius 2 is 2.07 bits per heavy atom. The zero-order chi connectivity index (χ0) is 20.2. The lowest BCUT2D eigenvalue weighted by Crippen LogP contribution is -2.42. The van der Waals surface area contributed by atoms with Crippen LogP contribution in [-0.4, -0.2) is 40.6 Å². The molecule has 7 nitrogen and oxygen atoms in total. The molecule has 3 aromatic rings. The van der Waals surface area contributed by atoms with Crippen LogP contribution in [0.25, 0.3) is 11.4 Å². The molecule has 2 aromatic heterocycles. The van der Waals surface area contributed by atoms with Crippen LogP contribution in [0.5, 0.6) is 0 Å². The van der Waals surface area contributed by atoms with Gasteiger partial charge in [-0.3, -0.25) is 4.79 Å². The van der Waals surface area contributed by atoms with E-state index in [0.29, 0.717) is 50.2 Å². The van der Waals surface area contributed by atoms with Gasteiger partial charge in [0.1, 0.15) is 11.9 Å². The zero-order valence-electron chi connectivity index (χ0n) is 16.7. The van der Waals surface area contributed by atoms with Gasteiger partial charge in [0, 0.05) is 24.9 Å². The van der Waals surface area contributed by atoms with Gasteiger partial charge in [0.05, 0.1) is 19.4 Å². The number of nitrogens with zero attached hydrogens (tertiary/aromatic N) is 3. The topological polar surface area (TPSA) is 81.6 Å². The van der Waals surface area contributed by atoms with E-state index in [1.165, 1.54) is 5.56 Å². The van der Waals surface area contributed by atoms with Crippen LogP contribution in [0.2, 0.25) is 0 Å². The molecule has 1 aromatic carbocycles. The molecule has 1 saturated heterocycles. The number of benzene rings is 1. The van der Waals surface area contributed by atoms with Gasteiger partial charge in [-0.05, 0) is 23.6 Å². The molecular weight excluding hydrogens is 370 g/mol. The number of aryl methyl sites for hydroxylation is 1. The van der Waals surface area contributed by atoms with Gasteiger partial charge in [-0.2, -0.15) is 4.98 Å². The molecule has 1 aliphatic rings. The molecule has 29 heavy (non-hydrogen) atoms. The van der Waals surface area contributed by atoms with Gasteiger partial charge in [0.2, 0.25) is 17.6 Å². The number of hydrogen-bond donors (Lipinski definition) is 0. The maximum Gasteiger partial charge on any atom is 0.227 e. The van der Waals surface area contributed by atoms with Crippen LogP contribution in [0.1, 0.15) is 49.5 Å². The summed E-state index contributed by atoms with van der Waals surface area (Å²) in [5.41, 5.74) is 2.17. The summed E-state index contributed by atoms with van der Waals surface area (Å²) < 4.78 is 16.5. The molecule has 3 heterocycles. The van der Waals surface area contributed by atoms with E-state index in [2.05, 4.69) is 36.1 Å². The Bertz CT molecular complexity index is 931. The number of furan rings is 1. The average molecular weight is 395 g/mol. The highest BCUT2D eigenvalue weighted by Crippen LogP contribution is 2.24. The Kier molecular flexibility index (Phi) is 5.76. The summed E-state index contributed by atoms with van der Waals surface area (Å²) in [5, 5.41) is 4.05. The summed E-state index contributed by atoms with van der Waals surface area (Å²) in [6, 6.07) is 11.8. The van der Waals surface area contributed by atoms with Crippen LogP contribution >= 0.6 is 0 Å². The van der Waals surface area contributed by atoms with E-state index < -0.39 is 0 Å². The van der Waals surface area contributed by atoms with E-state index in [-0.39, 0.29) is 12.0 Å². The van der Waals surface area contributed by atoms with Crippen molar-refractivity contribution in [1.82, 2.24) is 15.0 Å². The second-order valence-corrected chi connectivity index (χ2v) is 7.50. The molecule has 1 fully saturated rings. The van der Waals surface area contributed by atoms with Crippen LogP contribution in [0.15, 0.2) is 51.6 Å². The van der Waals surface area contributed by atoms with Crippen LogP contribution < -0.4 is 0 Å². The third kappa shape index (κ3) is 4.56.